The smallest absolute Gasteiger partial charge is 0.303 e. The highest BCUT2D eigenvalue weighted by molar-refractivity contribution is 7.99. The quantitative estimate of drug-likeness (QED) is 0.137. The molecule has 11 nitrogen and oxygen atoms in total. The molecule has 2 aromatic carbocycles. The number of aliphatic hydroxyl groups is 5. The van der Waals surface area contributed by atoms with E-state index in [4.69, 9.17) is 15.3 Å². The van der Waals surface area contributed by atoms with E-state index in [-0.39, 0.29) is 19.4 Å². The van der Waals surface area contributed by atoms with Crippen LogP contribution in [0.15, 0.2) is 58.3 Å². The molecule has 3 rings (SSSR count). The van der Waals surface area contributed by atoms with Crippen molar-refractivity contribution in [3.8, 4) is 0 Å². The highest BCUT2D eigenvalue weighted by Gasteiger charge is 2.31. The fourth-order valence-electron chi connectivity index (χ4n) is 4.33. The first kappa shape index (κ1) is 36.5. The van der Waals surface area contributed by atoms with Gasteiger partial charge in [0.1, 0.15) is 6.10 Å². The summed E-state index contributed by atoms with van der Waals surface area (Å²) >= 11 is 1.87. The molecule has 1 unspecified atom stereocenters. The maximum atomic E-state index is 11.6. The monoisotopic (exact) mass is 621 g/mol. The molecule has 0 aromatic heterocycles. The van der Waals surface area contributed by atoms with Gasteiger partial charge in [-0.05, 0) is 58.1 Å². The van der Waals surface area contributed by atoms with Crippen LogP contribution in [0.2, 0.25) is 0 Å². The standard InChI is InChI=1S/C17H20N2S.C14H27NO8/c1-13(18(2)3)12-19-14-8-4-6-10-16(14)20-17-11-7-5-9-15(17)19;16-8-9(17)7-10(18)12(21)13(22)14(23)15-6-4-2-1-3-5-11(19)20/h4-11,13H,12H2,1-3H3;9-10,12-13,16-18,21-22H,1-8H2,(H,15,23)(H,19,20)/t;9-,10+,12+,13+/m.0/s1. The van der Waals surface area contributed by atoms with Gasteiger partial charge >= 0.3 is 5.97 Å². The Labute approximate surface area is 258 Å². The molecule has 1 aliphatic heterocycles. The maximum Gasteiger partial charge on any atom is 0.303 e. The lowest BCUT2D eigenvalue weighted by Crippen LogP contribution is -2.48. The van der Waals surface area contributed by atoms with Gasteiger partial charge in [-0.2, -0.15) is 0 Å². The van der Waals surface area contributed by atoms with Crippen molar-refractivity contribution in [1.82, 2.24) is 10.2 Å². The van der Waals surface area contributed by atoms with Gasteiger partial charge in [-0.1, -0.05) is 48.9 Å². The lowest BCUT2D eigenvalue weighted by atomic mass is 10.0. The zero-order valence-corrected chi connectivity index (χ0v) is 26.0. The molecule has 0 bridgehead atoms. The number of amides is 1. The summed E-state index contributed by atoms with van der Waals surface area (Å²) in [4.78, 5) is 29.3. The van der Waals surface area contributed by atoms with Crippen molar-refractivity contribution in [2.24, 2.45) is 0 Å². The zero-order valence-electron chi connectivity index (χ0n) is 25.2. The minimum atomic E-state index is -1.84. The first-order valence-corrected chi connectivity index (χ1v) is 15.4. The van der Waals surface area contributed by atoms with Gasteiger partial charge in [-0.3, -0.25) is 9.59 Å². The second kappa shape index (κ2) is 18.8. The van der Waals surface area contributed by atoms with Crippen LogP contribution >= 0.6 is 11.8 Å². The van der Waals surface area contributed by atoms with Gasteiger partial charge in [0, 0.05) is 41.8 Å². The fourth-order valence-corrected chi connectivity index (χ4v) is 5.43. The summed E-state index contributed by atoms with van der Waals surface area (Å²) < 4.78 is 0. The Morgan fingerprint density at radius 1 is 0.907 bits per heavy atom. The third-order valence-corrected chi connectivity index (χ3v) is 8.32. The second-order valence-electron chi connectivity index (χ2n) is 10.9. The van der Waals surface area contributed by atoms with E-state index in [1.54, 1.807) is 0 Å². The van der Waals surface area contributed by atoms with Crippen LogP contribution in [0.1, 0.15) is 45.4 Å². The average molecular weight is 622 g/mol. The number of carbonyl (C=O) groups is 2. The van der Waals surface area contributed by atoms with E-state index in [2.05, 4.69) is 84.7 Å². The Balaban J connectivity index is 0.000000302. The van der Waals surface area contributed by atoms with Crippen molar-refractivity contribution in [3.05, 3.63) is 48.5 Å². The summed E-state index contributed by atoms with van der Waals surface area (Å²) in [5.74, 6) is -1.69. The highest BCUT2D eigenvalue weighted by atomic mass is 32.2. The Morgan fingerprint density at radius 2 is 1.47 bits per heavy atom. The Kier molecular flexibility index (Phi) is 16.0. The molecular formula is C31H47N3O8S. The van der Waals surface area contributed by atoms with Crippen LogP contribution < -0.4 is 10.2 Å². The van der Waals surface area contributed by atoms with Crippen molar-refractivity contribution in [2.45, 2.75) is 85.7 Å². The van der Waals surface area contributed by atoms with Gasteiger partial charge in [-0.15, -0.1) is 0 Å². The minimum Gasteiger partial charge on any atom is -0.481 e. The number of para-hydroxylation sites is 2. The van der Waals surface area contributed by atoms with E-state index in [1.807, 2.05) is 11.8 Å². The van der Waals surface area contributed by atoms with Gasteiger partial charge in [0.05, 0.1) is 30.2 Å². The first-order valence-electron chi connectivity index (χ1n) is 14.6. The summed E-state index contributed by atoms with van der Waals surface area (Å²) in [5.41, 5.74) is 2.65. The van der Waals surface area contributed by atoms with Crippen LogP contribution in [-0.4, -0.2) is 112 Å². The SMILES string of the molecule is CC(CN1c2ccccc2Sc2ccccc21)N(C)C.O=C(O)CCCCCCNC(=O)[C@H](O)[C@H](O)[C@H](O)C[C@H](O)CO. The molecule has 0 fully saturated rings. The molecule has 0 aliphatic carbocycles. The van der Waals surface area contributed by atoms with Crippen LogP contribution in [0.5, 0.6) is 0 Å². The molecule has 1 heterocycles. The molecule has 12 heteroatoms. The maximum absolute atomic E-state index is 11.6. The summed E-state index contributed by atoms with van der Waals surface area (Å²) in [6.45, 7) is 2.92. The van der Waals surface area contributed by atoms with Crippen LogP contribution in [0.25, 0.3) is 0 Å². The summed E-state index contributed by atoms with van der Waals surface area (Å²) in [6.07, 6.45) is -4.09. The Morgan fingerprint density at radius 3 is 2.00 bits per heavy atom. The molecule has 0 saturated heterocycles. The average Bonchev–Trinajstić information content (AvgIpc) is 2.99. The number of aliphatic hydroxyl groups excluding tert-OH is 5. The van der Waals surface area contributed by atoms with Crippen molar-refractivity contribution in [1.29, 1.82) is 0 Å². The van der Waals surface area contributed by atoms with Crippen molar-refractivity contribution in [3.63, 3.8) is 0 Å². The topological polar surface area (TPSA) is 174 Å². The number of nitrogens with one attached hydrogen (secondary N) is 1. The number of nitrogens with zero attached hydrogens (tertiary/aromatic N) is 2. The lowest BCUT2D eigenvalue weighted by molar-refractivity contribution is -0.142. The normalized spacial score (nSPS) is 15.7. The van der Waals surface area contributed by atoms with E-state index in [9.17, 15) is 24.9 Å². The molecule has 43 heavy (non-hydrogen) atoms. The van der Waals surface area contributed by atoms with E-state index in [0.29, 0.717) is 25.3 Å². The van der Waals surface area contributed by atoms with Crippen LogP contribution in [0, 0.1) is 0 Å². The van der Waals surface area contributed by atoms with Crippen molar-refractivity contribution < 1.29 is 40.2 Å². The van der Waals surface area contributed by atoms with E-state index < -0.39 is 42.9 Å². The number of anilines is 2. The molecule has 0 spiro atoms. The number of fused-ring (bicyclic) bond motifs is 2. The van der Waals surface area contributed by atoms with E-state index >= 15 is 0 Å². The number of unbranched alkanes of at least 4 members (excludes halogenated alkanes) is 3. The Bertz CT molecular complexity index is 1090. The number of carboxylic acids is 1. The van der Waals surface area contributed by atoms with Crippen LogP contribution in [0.4, 0.5) is 11.4 Å². The van der Waals surface area contributed by atoms with Crippen LogP contribution in [0.3, 0.4) is 0 Å². The first-order chi connectivity index (χ1) is 20.5. The van der Waals surface area contributed by atoms with Crippen molar-refractivity contribution >= 4 is 35.0 Å². The molecule has 7 N–H and O–H groups in total. The number of carboxylic acid groups (broad SMARTS) is 1. The number of benzene rings is 2. The minimum absolute atomic E-state index is 0.106. The second-order valence-corrected chi connectivity index (χ2v) is 12.0. The van der Waals surface area contributed by atoms with Crippen LogP contribution in [-0.2, 0) is 9.59 Å². The molecule has 0 saturated carbocycles. The number of hydrogen-bond donors (Lipinski definition) is 7. The van der Waals surface area contributed by atoms with Gasteiger partial charge in [0.15, 0.2) is 6.10 Å². The van der Waals surface area contributed by atoms with Crippen molar-refractivity contribution in [2.75, 3.05) is 38.7 Å². The number of rotatable bonds is 16. The summed E-state index contributed by atoms with van der Waals surface area (Å²) in [5, 5.41) is 57.4. The molecule has 5 atom stereocenters. The lowest BCUT2D eigenvalue weighted by Gasteiger charge is -2.36. The van der Waals surface area contributed by atoms with Gasteiger partial charge in [0.25, 0.3) is 5.91 Å². The van der Waals surface area contributed by atoms with Gasteiger partial charge in [-0.25, -0.2) is 0 Å². The molecule has 240 valence electrons. The van der Waals surface area contributed by atoms with Gasteiger partial charge in [0.2, 0.25) is 0 Å². The third-order valence-electron chi connectivity index (χ3n) is 7.19. The largest absolute Gasteiger partial charge is 0.481 e. The zero-order chi connectivity index (χ0) is 31.9. The summed E-state index contributed by atoms with van der Waals surface area (Å²) in [6, 6.07) is 17.9. The number of aliphatic carboxylic acids is 1. The van der Waals surface area contributed by atoms with Gasteiger partial charge < -0.3 is 45.8 Å². The third kappa shape index (κ3) is 12.1. The predicted octanol–water partition coefficient (Wildman–Crippen LogP) is 2.20. The number of likely N-dealkylation sites (N-methyl/N-ethyl adjacent to an activating group) is 1. The summed E-state index contributed by atoms with van der Waals surface area (Å²) in [7, 11) is 4.28. The predicted molar refractivity (Wildman–Crippen MR) is 167 cm³/mol. The van der Waals surface area contributed by atoms with E-state index in [1.165, 1.54) is 21.2 Å². The molecule has 1 amide bonds. The number of carbonyl (C=O) groups excluding carboxylic acids is 1. The van der Waals surface area contributed by atoms with E-state index in [0.717, 1.165) is 13.0 Å². The number of hydrogen-bond acceptors (Lipinski definition) is 10. The Hall–Kier alpha value is -2.71. The fraction of sp³-hybridized carbons (Fsp3) is 0.548. The highest BCUT2D eigenvalue weighted by Crippen LogP contribution is 2.47. The molecular weight excluding hydrogens is 574 g/mol. The molecule has 1 aliphatic rings. The molecule has 0 radical (unpaired) electrons. The molecule has 2 aromatic rings.